The third-order valence-electron chi connectivity index (χ3n) is 7.45. The molecule has 0 atom stereocenters. The van der Waals surface area contributed by atoms with Crippen molar-refractivity contribution in [2.24, 2.45) is 0 Å². The first kappa shape index (κ1) is 27.9. The van der Waals surface area contributed by atoms with Crippen LogP contribution in [-0.4, -0.2) is 32.5 Å². The summed E-state index contributed by atoms with van der Waals surface area (Å²) < 4.78 is 47.6. The molecule has 6 rings (SSSR count). The molecule has 2 aromatic heterocycles. The molecule has 6 aromatic rings. The minimum Gasteiger partial charge on any atom is -0.455 e. The number of halogens is 2. The lowest BCUT2D eigenvalue weighted by molar-refractivity contribution is 0.0989. The van der Waals surface area contributed by atoms with Gasteiger partial charge in [0.15, 0.2) is 5.78 Å². The Hall–Kier alpha value is -4.21. The number of anilines is 1. The zero-order valence-electron chi connectivity index (χ0n) is 23.0. The van der Waals surface area contributed by atoms with Crippen molar-refractivity contribution >= 4 is 59.3 Å². The van der Waals surface area contributed by atoms with Gasteiger partial charge in [-0.25, -0.2) is 12.8 Å². The highest BCUT2D eigenvalue weighted by Crippen LogP contribution is 2.43. The molecule has 2 heterocycles. The molecule has 42 heavy (non-hydrogen) atoms. The predicted molar refractivity (Wildman–Crippen MR) is 170 cm³/mol. The van der Waals surface area contributed by atoms with E-state index >= 15 is 0 Å². The number of Topliss-reactive ketones (excluding diaryl/α,β-unsaturated/α-hetero) is 1. The lowest BCUT2D eigenvalue weighted by Gasteiger charge is -2.21. The Kier molecular flexibility index (Phi) is 7.03. The van der Waals surface area contributed by atoms with E-state index < -0.39 is 15.8 Å². The van der Waals surface area contributed by atoms with E-state index in [4.69, 9.17) is 4.42 Å². The minimum absolute atomic E-state index is 0.140. The second-order valence-corrected chi connectivity index (χ2v) is 12.9. The van der Waals surface area contributed by atoms with Gasteiger partial charge >= 0.3 is 0 Å². The lowest BCUT2D eigenvalue weighted by atomic mass is 9.95. The maximum Gasteiger partial charge on any atom is 0.232 e. The quantitative estimate of drug-likeness (QED) is 0.176. The molecule has 0 aliphatic carbocycles. The van der Waals surface area contributed by atoms with Crippen molar-refractivity contribution in [1.82, 2.24) is 4.98 Å². The Labute approximate surface area is 251 Å². The Morgan fingerprint density at radius 1 is 0.929 bits per heavy atom. The molecule has 0 aliphatic rings. The number of nitrogens with zero attached hydrogens (tertiary/aromatic N) is 1. The molecule has 0 unspecified atom stereocenters. The van der Waals surface area contributed by atoms with E-state index in [1.165, 1.54) is 23.5 Å². The molecule has 0 radical (unpaired) electrons. The van der Waals surface area contributed by atoms with Gasteiger partial charge in [0.2, 0.25) is 10.0 Å². The van der Waals surface area contributed by atoms with E-state index in [1.54, 1.807) is 25.1 Å². The van der Waals surface area contributed by atoms with Gasteiger partial charge < -0.3 is 9.40 Å². The topological polar surface area (TPSA) is 83.4 Å². The Morgan fingerprint density at radius 3 is 2.33 bits per heavy atom. The largest absolute Gasteiger partial charge is 0.455 e. The van der Waals surface area contributed by atoms with Gasteiger partial charge in [-0.3, -0.25) is 9.10 Å². The van der Waals surface area contributed by atoms with E-state index in [0.717, 1.165) is 38.5 Å². The number of carbonyl (C=O) groups is 1. The van der Waals surface area contributed by atoms with Gasteiger partial charge in [0.25, 0.3) is 0 Å². The van der Waals surface area contributed by atoms with Crippen molar-refractivity contribution in [1.29, 1.82) is 0 Å². The van der Waals surface area contributed by atoms with Crippen LogP contribution in [0.4, 0.5) is 10.1 Å². The van der Waals surface area contributed by atoms with Crippen LogP contribution in [0.2, 0.25) is 0 Å². The second-order valence-electron chi connectivity index (χ2n) is 10.1. The number of rotatable bonds is 7. The summed E-state index contributed by atoms with van der Waals surface area (Å²) in [5.41, 5.74) is 5.82. The average molecular weight is 646 g/mol. The third-order valence-corrected chi connectivity index (χ3v) is 9.47. The maximum absolute atomic E-state index is 13.7. The zero-order chi connectivity index (χ0) is 29.8. The Morgan fingerprint density at radius 2 is 1.64 bits per heavy atom. The predicted octanol–water partition coefficient (Wildman–Crippen LogP) is 8.81. The number of hydrogen-bond donors (Lipinski definition) is 1. The maximum atomic E-state index is 13.7. The van der Waals surface area contributed by atoms with Crippen LogP contribution in [0.5, 0.6) is 0 Å². The van der Waals surface area contributed by atoms with E-state index in [2.05, 4.69) is 20.9 Å². The van der Waals surface area contributed by atoms with Crippen molar-refractivity contribution < 1.29 is 22.0 Å². The Bertz CT molecular complexity index is 2110. The SMILES string of the molecule is CCC(=O)c1c(-c2ccc(F)cc2)oc2cc(N(C)S(C)(=O)=O)c(-c3cccc(-c4[nH]c5ccccc5c4Br)c3)cc12. The first-order valence-electron chi connectivity index (χ1n) is 13.3. The van der Waals surface area contributed by atoms with Gasteiger partial charge in [0.1, 0.15) is 17.2 Å². The molecule has 4 aromatic carbocycles. The van der Waals surface area contributed by atoms with Crippen LogP contribution >= 0.6 is 15.9 Å². The van der Waals surface area contributed by atoms with Crippen molar-refractivity contribution in [2.75, 3.05) is 17.6 Å². The number of carbonyl (C=O) groups excluding carboxylic acids is 1. The van der Waals surface area contributed by atoms with E-state index in [9.17, 15) is 17.6 Å². The fraction of sp³-hybridized carbons (Fsp3) is 0.121. The van der Waals surface area contributed by atoms with Crippen LogP contribution in [0.25, 0.3) is 55.6 Å². The van der Waals surface area contributed by atoms with Gasteiger partial charge in [-0.15, -0.1) is 0 Å². The molecule has 0 amide bonds. The van der Waals surface area contributed by atoms with Crippen LogP contribution in [0.1, 0.15) is 23.7 Å². The van der Waals surface area contributed by atoms with Gasteiger partial charge in [-0.1, -0.05) is 43.3 Å². The molecule has 0 spiro atoms. The monoisotopic (exact) mass is 644 g/mol. The molecule has 212 valence electrons. The minimum atomic E-state index is -3.65. The fourth-order valence-corrected chi connectivity index (χ4v) is 6.39. The van der Waals surface area contributed by atoms with Gasteiger partial charge in [-0.2, -0.15) is 0 Å². The summed E-state index contributed by atoms with van der Waals surface area (Å²) in [7, 11) is -2.17. The summed E-state index contributed by atoms with van der Waals surface area (Å²) in [5.74, 6) is -0.226. The normalized spacial score (nSPS) is 11.8. The number of aromatic amines is 1. The highest BCUT2D eigenvalue weighted by atomic mass is 79.9. The molecule has 1 N–H and O–H groups in total. The number of fused-ring (bicyclic) bond motifs is 2. The first-order valence-corrected chi connectivity index (χ1v) is 15.9. The molecule has 0 fully saturated rings. The number of H-pyrrole nitrogens is 1. The number of aromatic nitrogens is 1. The third kappa shape index (κ3) is 4.82. The number of furan rings is 1. The van der Waals surface area contributed by atoms with Crippen molar-refractivity contribution in [3.8, 4) is 33.7 Å². The number of para-hydroxylation sites is 1. The van der Waals surface area contributed by atoms with Crippen molar-refractivity contribution in [2.45, 2.75) is 13.3 Å². The number of nitrogens with one attached hydrogen (secondary N) is 1. The van der Waals surface area contributed by atoms with Crippen LogP contribution in [-0.2, 0) is 10.0 Å². The van der Waals surface area contributed by atoms with Crippen molar-refractivity contribution in [3.05, 3.63) is 101 Å². The number of ketones is 1. The molecule has 9 heteroatoms. The van der Waals surface area contributed by atoms with E-state index in [-0.39, 0.29) is 12.2 Å². The summed E-state index contributed by atoms with van der Waals surface area (Å²) in [4.78, 5) is 16.8. The molecular weight excluding hydrogens is 619 g/mol. The standard InChI is InChI=1S/C33H26BrFN2O4S/c1-4-28(38)30-25-17-24(20-8-7-9-21(16-20)32-31(34)23-10-5-6-11-26(23)36-32)27(37(2)42(3,39)40)18-29(25)41-33(30)19-12-14-22(35)15-13-19/h5-18,36H,4H2,1-3H3. The summed E-state index contributed by atoms with van der Waals surface area (Å²) in [6.07, 6.45) is 1.37. The molecule has 0 bridgehead atoms. The zero-order valence-corrected chi connectivity index (χ0v) is 25.4. The number of hydrogen-bond acceptors (Lipinski definition) is 4. The van der Waals surface area contributed by atoms with Crippen LogP contribution in [0, 0.1) is 5.82 Å². The van der Waals surface area contributed by atoms with Gasteiger partial charge in [0, 0.05) is 47.0 Å². The summed E-state index contributed by atoms with van der Waals surface area (Å²) >= 11 is 3.74. The first-order chi connectivity index (χ1) is 20.1. The van der Waals surface area contributed by atoms with Gasteiger partial charge in [-0.05, 0) is 69.5 Å². The van der Waals surface area contributed by atoms with Crippen molar-refractivity contribution in [3.63, 3.8) is 0 Å². The molecule has 0 aliphatic heterocycles. The molecule has 0 saturated heterocycles. The van der Waals surface area contributed by atoms with Crippen LogP contribution < -0.4 is 4.31 Å². The smallest absolute Gasteiger partial charge is 0.232 e. The van der Waals surface area contributed by atoms with E-state index in [0.29, 0.717) is 39.1 Å². The van der Waals surface area contributed by atoms with Gasteiger partial charge in [0.05, 0.1) is 27.7 Å². The fourth-order valence-electron chi connectivity index (χ4n) is 5.21. The number of benzene rings is 4. The summed E-state index contributed by atoms with van der Waals surface area (Å²) in [5, 5.41) is 1.60. The second kappa shape index (κ2) is 10.6. The van der Waals surface area contributed by atoms with E-state index in [1.807, 2.05) is 54.6 Å². The number of sulfonamides is 1. The Balaban J connectivity index is 1.62. The summed E-state index contributed by atoms with van der Waals surface area (Å²) in [6, 6.07) is 25.0. The average Bonchev–Trinajstić information content (AvgIpc) is 3.53. The van der Waals surface area contributed by atoms with Crippen LogP contribution in [0.15, 0.2) is 93.8 Å². The lowest BCUT2D eigenvalue weighted by Crippen LogP contribution is -2.25. The highest BCUT2D eigenvalue weighted by molar-refractivity contribution is 9.10. The molecule has 6 nitrogen and oxygen atoms in total. The summed E-state index contributed by atoms with van der Waals surface area (Å²) in [6.45, 7) is 1.77. The molecular formula is C33H26BrFN2O4S. The highest BCUT2D eigenvalue weighted by Gasteiger charge is 2.26. The molecule has 0 saturated carbocycles. The van der Waals surface area contributed by atoms with Crippen LogP contribution in [0.3, 0.4) is 0 Å².